The average Bonchev–Trinajstić information content (AvgIpc) is 0.921. The quantitative estimate of drug-likeness (QED) is 0.0222. The topological polar surface area (TPSA) is 237 Å². The maximum atomic E-state index is 13.1. The Morgan fingerprint density at radius 1 is 0.262 bits per heavy atom. The first-order chi connectivity index (χ1) is 50.0. The zero-order valence-corrected chi connectivity index (χ0v) is 69.3. The molecule has 3 N–H and O–H groups in total. The second-order valence-electron chi connectivity index (χ2n) is 30.7. The Labute approximate surface area is 632 Å². The summed E-state index contributed by atoms with van der Waals surface area (Å²) in [5, 5.41) is 10.7. The van der Waals surface area contributed by atoms with Gasteiger partial charge < -0.3 is 33.8 Å². The van der Waals surface area contributed by atoms with Gasteiger partial charge in [-0.25, -0.2) is 9.13 Å². The highest BCUT2D eigenvalue weighted by Crippen LogP contribution is 2.45. The Kier molecular flexibility index (Phi) is 75.4. The number of hydrogen-bond acceptors (Lipinski definition) is 15. The molecule has 0 spiro atoms. The second kappa shape index (κ2) is 76.8. The standard InChI is InChI=1S/C84H164O17P2/c1-6-9-12-15-18-21-23-25-27-29-31-32-34-36-41-45-49-54-59-64-69-84(89)101-80(74-95-82(87)68-63-58-53-48-44-40-35-33-30-28-26-24-22-19-16-13-10-7-2)76-99-103(92,93)97-72-78(85)71-96-102(90,91)98-75-79(73-94-81(86)67-62-57-52-20-17-14-11-8-3)100-83(88)70-65-60-55-50-46-42-38-37-39-43-47-51-56-61-66-77(4)5/h77-80,85H,6-76H2,1-5H3,(H,90,91)(H,92,93)/t78-,79+,80+/m0/s1. The molecule has 612 valence electrons. The van der Waals surface area contributed by atoms with Gasteiger partial charge in [0.15, 0.2) is 12.2 Å². The Bertz CT molecular complexity index is 1960. The lowest BCUT2D eigenvalue weighted by Gasteiger charge is -2.21. The molecule has 0 aromatic heterocycles. The van der Waals surface area contributed by atoms with Gasteiger partial charge in [-0.15, -0.1) is 0 Å². The molecule has 0 fully saturated rings. The second-order valence-corrected chi connectivity index (χ2v) is 33.6. The Morgan fingerprint density at radius 2 is 0.447 bits per heavy atom. The summed E-state index contributed by atoms with van der Waals surface area (Å²) in [5.74, 6) is -1.31. The summed E-state index contributed by atoms with van der Waals surface area (Å²) in [7, 11) is -9.92. The highest BCUT2D eigenvalue weighted by Gasteiger charge is 2.30. The fourth-order valence-corrected chi connectivity index (χ4v) is 14.7. The number of phosphoric ester groups is 2. The van der Waals surface area contributed by atoms with Crippen molar-refractivity contribution in [3.05, 3.63) is 0 Å². The predicted molar refractivity (Wildman–Crippen MR) is 423 cm³/mol. The Balaban J connectivity index is 5.19. The van der Waals surface area contributed by atoms with Gasteiger partial charge in [-0.3, -0.25) is 37.3 Å². The van der Waals surface area contributed by atoms with Crippen LogP contribution >= 0.6 is 15.6 Å². The molecule has 2 unspecified atom stereocenters. The Morgan fingerprint density at radius 3 is 0.660 bits per heavy atom. The van der Waals surface area contributed by atoms with Crippen molar-refractivity contribution in [2.45, 2.75) is 470 Å². The fourth-order valence-electron chi connectivity index (χ4n) is 13.1. The smallest absolute Gasteiger partial charge is 0.462 e. The Hall–Kier alpha value is -1.94. The van der Waals surface area contributed by atoms with Gasteiger partial charge in [0.25, 0.3) is 0 Å². The summed E-state index contributed by atoms with van der Waals surface area (Å²) in [6.07, 6.45) is 69.5. The van der Waals surface area contributed by atoms with Crippen molar-refractivity contribution < 1.29 is 80.2 Å². The van der Waals surface area contributed by atoms with Gasteiger partial charge in [-0.05, 0) is 31.6 Å². The molecule has 0 saturated heterocycles. The van der Waals surface area contributed by atoms with Crippen LogP contribution in [0, 0.1) is 5.92 Å². The molecule has 19 heteroatoms. The molecule has 0 heterocycles. The van der Waals surface area contributed by atoms with Crippen LogP contribution in [0.25, 0.3) is 0 Å². The number of carbonyl (C=O) groups is 4. The van der Waals surface area contributed by atoms with Crippen LogP contribution in [-0.4, -0.2) is 96.7 Å². The normalized spacial score (nSPS) is 13.8. The lowest BCUT2D eigenvalue weighted by atomic mass is 10.0. The van der Waals surface area contributed by atoms with E-state index in [0.717, 1.165) is 102 Å². The predicted octanol–water partition coefficient (Wildman–Crippen LogP) is 25.6. The minimum atomic E-state index is -4.96. The average molecular weight is 1510 g/mol. The van der Waals surface area contributed by atoms with Crippen LogP contribution in [0.2, 0.25) is 0 Å². The number of esters is 4. The summed E-state index contributed by atoms with van der Waals surface area (Å²) < 4.78 is 68.8. The number of phosphoric acid groups is 2. The zero-order chi connectivity index (χ0) is 75.5. The monoisotopic (exact) mass is 1510 g/mol. The number of unbranched alkanes of at least 4 members (excludes halogenated alkanes) is 56. The number of aliphatic hydroxyl groups excluding tert-OH is 1. The largest absolute Gasteiger partial charge is 0.472 e. The molecule has 103 heavy (non-hydrogen) atoms. The minimum absolute atomic E-state index is 0.108. The van der Waals surface area contributed by atoms with E-state index >= 15 is 0 Å². The van der Waals surface area contributed by atoms with Gasteiger partial charge >= 0.3 is 39.5 Å². The number of rotatable bonds is 84. The van der Waals surface area contributed by atoms with Crippen LogP contribution in [0.5, 0.6) is 0 Å². The first-order valence-corrected chi connectivity index (χ1v) is 46.6. The van der Waals surface area contributed by atoms with Crippen molar-refractivity contribution in [2.75, 3.05) is 39.6 Å². The highest BCUT2D eigenvalue weighted by atomic mass is 31.2. The van der Waals surface area contributed by atoms with Crippen molar-refractivity contribution in [2.24, 2.45) is 5.92 Å². The molecule has 0 aromatic carbocycles. The zero-order valence-electron chi connectivity index (χ0n) is 67.5. The third-order valence-electron chi connectivity index (χ3n) is 19.8. The molecule has 0 radical (unpaired) electrons. The molecule has 0 saturated carbocycles. The SMILES string of the molecule is CCCCCCCCCCCCCCCCCCCCCCC(=O)O[C@H](COC(=O)CCCCCCCCCCCCCCCCCCCC)COP(=O)(O)OC[C@@H](O)COP(=O)(O)OC[C@@H](COC(=O)CCCCCCCCCC)OC(=O)CCCCCCCCCCCCCCCCC(C)C. The van der Waals surface area contributed by atoms with Crippen LogP contribution in [0.4, 0.5) is 0 Å². The third kappa shape index (κ3) is 78.0. The minimum Gasteiger partial charge on any atom is -0.462 e. The van der Waals surface area contributed by atoms with E-state index < -0.39 is 97.5 Å². The van der Waals surface area contributed by atoms with Crippen LogP contribution < -0.4 is 0 Å². The van der Waals surface area contributed by atoms with E-state index in [1.165, 1.54) is 270 Å². The van der Waals surface area contributed by atoms with E-state index in [1.807, 2.05) is 0 Å². The van der Waals surface area contributed by atoms with Crippen molar-refractivity contribution in [1.29, 1.82) is 0 Å². The molecule has 0 aliphatic heterocycles. The van der Waals surface area contributed by atoms with Crippen molar-refractivity contribution in [3.8, 4) is 0 Å². The highest BCUT2D eigenvalue weighted by molar-refractivity contribution is 7.47. The van der Waals surface area contributed by atoms with Gasteiger partial charge in [0.05, 0.1) is 26.4 Å². The van der Waals surface area contributed by atoms with Crippen LogP contribution in [0.1, 0.15) is 452 Å². The maximum absolute atomic E-state index is 13.1. The van der Waals surface area contributed by atoms with E-state index in [9.17, 15) is 43.2 Å². The van der Waals surface area contributed by atoms with Gasteiger partial charge in [-0.1, -0.05) is 401 Å². The number of aliphatic hydroxyl groups is 1. The van der Waals surface area contributed by atoms with E-state index in [2.05, 4.69) is 34.6 Å². The maximum Gasteiger partial charge on any atom is 0.472 e. The van der Waals surface area contributed by atoms with Crippen LogP contribution in [0.3, 0.4) is 0 Å². The van der Waals surface area contributed by atoms with Crippen LogP contribution in [0.15, 0.2) is 0 Å². The first kappa shape index (κ1) is 101. The van der Waals surface area contributed by atoms with Crippen molar-refractivity contribution in [1.82, 2.24) is 0 Å². The lowest BCUT2D eigenvalue weighted by Crippen LogP contribution is -2.30. The van der Waals surface area contributed by atoms with Gasteiger partial charge in [-0.2, -0.15) is 0 Å². The molecule has 0 amide bonds. The fraction of sp³-hybridized carbons (Fsp3) is 0.952. The van der Waals surface area contributed by atoms with E-state index in [4.69, 9.17) is 37.0 Å². The number of ether oxygens (including phenoxy) is 4. The lowest BCUT2D eigenvalue weighted by molar-refractivity contribution is -0.161. The van der Waals surface area contributed by atoms with E-state index in [-0.39, 0.29) is 25.7 Å². The van der Waals surface area contributed by atoms with Gasteiger partial charge in [0.2, 0.25) is 0 Å². The summed E-state index contributed by atoms with van der Waals surface area (Å²) in [4.78, 5) is 73.1. The molecule has 0 aromatic rings. The summed E-state index contributed by atoms with van der Waals surface area (Å²) in [6, 6.07) is 0. The molecule has 0 aliphatic carbocycles. The third-order valence-corrected chi connectivity index (χ3v) is 21.7. The molecule has 17 nitrogen and oxygen atoms in total. The van der Waals surface area contributed by atoms with Gasteiger partial charge in [0, 0.05) is 25.7 Å². The van der Waals surface area contributed by atoms with E-state index in [1.54, 1.807) is 0 Å². The first-order valence-electron chi connectivity index (χ1n) is 43.6. The number of carbonyl (C=O) groups excluding carboxylic acids is 4. The van der Waals surface area contributed by atoms with Crippen molar-refractivity contribution >= 4 is 39.5 Å². The number of hydrogen-bond donors (Lipinski definition) is 3. The molecule has 0 bridgehead atoms. The molecular weight excluding hydrogens is 1340 g/mol. The summed E-state index contributed by atoms with van der Waals surface area (Å²) in [5.41, 5.74) is 0. The van der Waals surface area contributed by atoms with Crippen LogP contribution in [-0.2, 0) is 65.4 Å². The van der Waals surface area contributed by atoms with E-state index in [0.29, 0.717) is 25.7 Å². The molecule has 5 atom stereocenters. The molecule has 0 aliphatic rings. The molecular formula is C84H164O17P2. The van der Waals surface area contributed by atoms with Gasteiger partial charge in [0.1, 0.15) is 19.3 Å². The van der Waals surface area contributed by atoms with Crippen molar-refractivity contribution in [3.63, 3.8) is 0 Å². The summed E-state index contributed by atoms with van der Waals surface area (Å²) >= 11 is 0. The molecule has 0 rings (SSSR count). The summed E-state index contributed by atoms with van der Waals surface area (Å²) in [6.45, 7) is 7.35.